The molecule has 8 nitrogen and oxygen atoms in total. The summed E-state index contributed by atoms with van der Waals surface area (Å²) in [4.78, 5) is 33.0. The van der Waals surface area contributed by atoms with Crippen LogP contribution in [0.25, 0.3) is 10.9 Å². The average molecular weight is 461 g/mol. The van der Waals surface area contributed by atoms with Gasteiger partial charge in [0.25, 0.3) is 5.91 Å². The summed E-state index contributed by atoms with van der Waals surface area (Å²) in [5, 5.41) is 1.41. The van der Waals surface area contributed by atoms with Crippen LogP contribution < -0.4 is 5.73 Å². The number of hydrogen-bond donors (Lipinski definition) is 1. The fourth-order valence-corrected chi connectivity index (χ4v) is 4.11. The Morgan fingerprint density at radius 2 is 1.94 bits per heavy atom. The molecule has 0 radical (unpaired) electrons. The van der Waals surface area contributed by atoms with Crippen LogP contribution in [0.4, 0.5) is 5.82 Å². The number of halogens is 1. The molecule has 33 heavy (non-hydrogen) atoms. The van der Waals surface area contributed by atoms with Crippen LogP contribution in [0.3, 0.4) is 0 Å². The Labute approximate surface area is 195 Å². The highest BCUT2D eigenvalue weighted by molar-refractivity contribution is 6.30. The molecule has 1 amide bonds. The van der Waals surface area contributed by atoms with E-state index in [0.29, 0.717) is 41.1 Å². The quantitative estimate of drug-likeness (QED) is 0.478. The van der Waals surface area contributed by atoms with Gasteiger partial charge in [-0.15, -0.1) is 0 Å². The number of amides is 1. The summed E-state index contributed by atoms with van der Waals surface area (Å²) in [6.45, 7) is 3.05. The number of pyridine rings is 2. The number of carbonyl (C=O) groups is 1. The number of ether oxygens (including phenoxy) is 1. The van der Waals surface area contributed by atoms with Crippen LogP contribution in [0.1, 0.15) is 46.0 Å². The molecule has 166 valence electrons. The molecule has 0 aliphatic carbocycles. The minimum atomic E-state index is -0.384. The molecular formula is C24H21ClN6O2. The molecule has 0 bridgehead atoms. The summed E-state index contributed by atoms with van der Waals surface area (Å²) in [6.07, 6.45) is 4.90. The lowest BCUT2D eigenvalue weighted by Crippen LogP contribution is -2.34. The van der Waals surface area contributed by atoms with Gasteiger partial charge in [-0.05, 0) is 48.9 Å². The van der Waals surface area contributed by atoms with Gasteiger partial charge in [-0.1, -0.05) is 11.6 Å². The Morgan fingerprint density at radius 3 is 2.70 bits per heavy atom. The zero-order chi connectivity index (χ0) is 22.9. The molecule has 4 aromatic rings. The summed E-state index contributed by atoms with van der Waals surface area (Å²) >= 11 is 5.99. The number of nitrogens with zero attached hydrogens (tertiary/aromatic N) is 5. The molecule has 1 aliphatic rings. The van der Waals surface area contributed by atoms with Crippen molar-refractivity contribution in [2.24, 2.45) is 0 Å². The van der Waals surface area contributed by atoms with E-state index in [2.05, 4.69) is 19.9 Å². The SMILES string of the molecule is CC(c1ncccn1)N(Cc1ccc(Cl)cn1)C(=O)c1ccc2nc(N)c3c(c2c1)COC3. The Balaban J connectivity index is 1.55. The van der Waals surface area contributed by atoms with E-state index in [4.69, 9.17) is 22.1 Å². The fraction of sp³-hybridized carbons (Fsp3) is 0.208. The third-order valence-electron chi connectivity index (χ3n) is 5.78. The van der Waals surface area contributed by atoms with E-state index in [0.717, 1.165) is 22.0 Å². The van der Waals surface area contributed by atoms with Crippen molar-refractivity contribution in [2.45, 2.75) is 32.7 Å². The smallest absolute Gasteiger partial charge is 0.254 e. The van der Waals surface area contributed by atoms with Crippen molar-refractivity contribution in [3.05, 3.63) is 88.2 Å². The van der Waals surface area contributed by atoms with Crippen LogP contribution in [0.15, 0.2) is 55.0 Å². The van der Waals surface area contributed by atoms with Crippen molar-refractivity contribution in [3.8, 4) is 0 Å². The number of aromatic nitrogens is 4. The van der Waals surface area contributed by atoms with Crippen molar-refractivity contribution >= 4 is 34.2 Å². The fourth-order valence-electron chi connectivity index (χ4n) is 3.99. The third-order valence-corrected chi connectivity index (χ3v) is 6.01. The monoisotopic (exact) mass is 460 g/mol. The topological polar surface area (TPSA) is 107 Å². The van der Waals surface area contributed by atoms with Crippen molar-refractivity contribution in [1.82, 2.24) is 24.8 Å². The summed E-state index contributed by atoms with van der Waals surface area (Å²) in [5.41, 5.74) is 9.93. The van der Waals surface area contributed by atoms with Gasteiger partial charge in [0.05, 0.1) is 42.0 Å². The lowest BCUT2D eigenvalue weighted by Gasteiger charge is -2.28. The number of carbonyl (C=O) groups excluding carboxylic acids is 1. The highest BCUT2D eigenvalue weighted by Crippen LogP contribution is 2.32. The molecule has 0 saturated heterocycles. The second-order valence-corrected chi connectivity index (χ2v) is 8.30. The maximum Gasteiger partial charge on any atom is 0.254 e. The highest BCUT2D eigenvalue weighted by Gasteiger charge is 2.27. The van der Waals surface area contributed by atoms with E-state index in [-0.39, 0.29) is 18.5 Å². The number of benzene rings is 1. The van der Waals surface area contributed by atoms with E-state index in [1.54, 1.807) is 47.8 Å². The molecule has 1 aromatic carbocycles. The minimum Gasteiger partial charge on any atom is -0.383 e. The molecule has 0 fully saturated rings. The van der Waals surface area contributed by atoms with Crippen LogP contribution in [0.2, 0.25) is 5.02 Å². The molecule has 1 unspecified atom stereocenters. The van der Waals surface area contributed by atoms with Crippen LogP contribution in [-0.2, 0) is 24.5 Å². The largest absolute Gasteiger partial charge is 0.383 e. The number of anilines is 1. The molecule has 1 aliphatic heterocycles. The zero-order valence-corrected chi connectivity index (χ0v) is 18.7. The van der Waals surface area contributed by atoms with E-state index >= 15 is 0 Å². The number of fused-ring (bicyclic) bond motifs is 3. The van der Waals surface area contributed by atoms with E-state index < -0.39 is 0 Å². The first-order chi connectivity index (χ1) is 16.0. The molecule has 9 heteroatoms. The van der Waals surface area contributed by atoms with Crippen molar-refractivity contribution in [1.29, 1.82) is 0 Å². The number of nitrogen functional groups attached to an aromatic ring is 1. The average Bonchev–Trinajstić information content (AvgIpc) is 3.34. The Kier molecular flexibility index (Phi) is 5.62. The number of nitrogens with two attached hydrogens (primary N) is 1. The van der Waals surface area contributed by atoms with Gasteiger partial charge >= 0.3 is 0 Å². The predicted octanol–water partition coefficient (Wildman–Crippen LogP) is 4.09. The minimum absolute atomic E-state index is 0.168. The van der Waals surface area contributed by atoms with Crippen molar-refractivity contribution < 1.29 is 9.53 Å². The third kappa shape index (κ3) is 4.10. The van der Waals surface area contributed by atoms with E-state index in [1.807, 2.05) is 19.1 Å². The van der Waals surface area contributed by atoms with E-state index in [1.165, 1.54) is 0 Å². The molecule has 5 rings (SSSR count). The first kappa shape index (κ1) is 21.2. The van der Waals surface area contributed by atoms with Crippen LogP contribution >= 0.6 is 11.6 Å². The first-order valence-corrected chi connectivity index (χ1v) is 10.9. The lowest BCUT2D eigenvalue weighted by atomic mass is 10.0. The van der Waals surface area contributed by atoms with Crippen molar-refractivity contribution in [3.63, 3.8) is 0 Å². The van der Waals surface area contributed by atoms with Gasteiger partial charge in [0.1, 0.15) is 11.6 Å². The molecule has 2 N–H and O–H groups in total. The maximum absolute atomic E-state index is 13.8. The molecular weight excluding hydrogens is 440 g/mol. The maximum atomic E-state index is 13.8. The molecule has 3 aromatic heterocycles. The predicted molar refractivity (Wildman–Crippen MR) is 124 cm³/mol. The van der Waals surface area contributed by atoms with Crippen molar-refractivity contribution in [2.75, 3.05) is 5.73 Å². The summed E-state index contributed by atoms with van der Waals surface area (Å²) < 4.78 is 5.59. The number of rotatable bonds is 5. The highest BCUT2D eigenvalue weighted by atomic mass is 35.5. The molecule has 0 saturated carbocycles. The van der Waals surface area contributed by atoms with Gasteiger partial charge < -0.3 is 15.4 Å². The zero-order valence-electron chi connectivity index (χ0n) is 17.9. The summed E-state index contributed by atoms with van der Waals surface area (Å²) in [7, 11) is 0. The lowest BCUT2D eigenvalue weighted by molar-refractivity contribution is 0.0663. The standard InChI is InChI=1S/C24H21ClN6O2/c1-14(23-27-7-2-8-28-23)31(11-17-5-4-16(25)10-29-17)24(32)15-3-6-21-18(9-15)19-12-33-13-20(19)22(26)30-21/h2-10,14H,11-13H2,1H3,(H2,26,30). The van der Waals surface area contributed by atoms with E-state index in [9.17, 15) is 4.79 Å². The van der Waals surface area contributed by atoms with Gasteiger partial charge in [0, 0.05) is 35.1 Å². The van der Waals surface area contributed by atoms with Gasteiger partial charge in [-0.2, -0.15) is 0 Å². The normalized spacial score (nSPS) is 13.6. The molecule has 1 atom stereocenters. The number of hydrogen-bond acceptors (Lipinski definition) is 7. The van der Waals surface area contributed by atoms with Gasteiger partial charge in [-0.25, -0.2) is 15.0 Å². The first-order valence-electron chi connectivity index (χ1n) is 10.5. The Bertz CT molecular complexity index is 1330. The molecule has 4 heterocycles. The Morgan fingerprint density at radius 1 is 1.15 bits per heavy atom. The second-order valence-electron chi connectivity index (χ2n) is 7.86. The summed E-state index contributed by atoms with van der Waals surface area (Å²) in [6, 6.07) is 10.4. The Hall–Kier alpha value is -3.62. The van der Waals surface area contributed by atoms with Gasteiger partial charge in [0.2, 0.25) is 0 Å². The second kappa shape index (κ2) is 8.73. The van der Waals surface area contributed by atoms with Gasteiger partial charge in [-0.3, -0.25) is 9.78 Å². The van der Waals surface area contributed by atoms with Crippen LogP contribution in [-0.4, -0.2) is 30.7 Å². The van der Waals surface area contributed by atoms with Gasteiger partial charge in [0.15, 0.2) is 0 Å². The van der Waals surface area contributed by atoms with Crippen LogP contribution in [0, 0.1) is 0 Å². The molecule has 0 spiro atoms. The van der Waals surface area contributed by atoms with Crippen LogP contribution in [0.5, 0.6) is 0 Å². The summed E-state index contributed by atoms with van der Waals surface area (Å²) in [5.74, 6) is 0.849.